The Balaban J connectivity index is 1.77. The van der Waals surface area contributed by atoms with Gasteiger partial charge in [0.25, 0.3) is 0 Å². The van der Waals surface area contributed by atoms with Crippen LogP contribution in [0.1, 0.15) is 39.5 Å². The number of hydrogen-bond donors (Lipinski definition) is 0. The van der Waals surface area contributed by atoms with Gasteiger partial charge in [-0.3, -0.25) is 9.69 Å². The summed E-state index contributed by atoms with van der Waals surface area (Å²) < 4.78 is 11.0. The van der Waals surface area contributed by atoms with Gasteiger partial charge in [-0.05, 0) is 24.8 Å². The molecule has 3 aliphatic rings. The van der Waals surface area contributed by atoms with E-state index in [4.69, 9.17) is 9.47 Å². The van der Waals surface area contributed by atoms with Crippen molar-refractivity contribution in [1.29, 1.82) is 0 Å². The fourth-order valence-electron chi connectivity index (χ4n) is 4.51. The molecule has 0 aromatic carbocycles. The van der Waals surface area contributed by atoms with Crippen molar-refractivity contribution >= 4 is 5.78 Å². The monoisotopic (exact) mass is 319 g/mol. The first-order valence-electron chi connectivity index (χ1n) is 8.81. The van der Waals surface area contributed by atoms with Crippen LogP contribution in [0.4, 0.5) is 0 Å². The van der Waals surface area contributed by atoms with Crippen LogP contribution in [-0.2, 0) is 14.3 Å². The SMILES string of the molecule is COC1=C(OC)CC2C(=C1)CCN1CC(CC(C)C)C(=O)CC21. The van der Waals surface area contributed by atoms with Crippen LogP contribution in [-0.4, -0.2) is 44.0 Å². The Kier molecular flexibility index (Phi) is 4.81. The van der Waals surface area contributed by atoms with Crippen molar-refractivity contribution in [3.05, 3.63) is 23.2 Å². The number of carbonyl (C=O) groups is 1. The second-order valence-corrected chi connectivity index (χ2v) is 7.53. The quantitative estimate of drug-likeness (QED) is 0.798. The molecular weight excluding hydrogens is 290 g/mol. The smallest absolute Gasteiger partial charge is 0.156 e. The van der Waals surface area contributed by atoms with Crippen LogP contribution in [0.2, 0.25) is 0 Å². The minimum atomic E-state index is 0.229. The fourth-order valence-corrected chi connectivity index (χ4v) is 4.51. The van der Waals surface area contributed by atoms with Crippen LogP contribution in [0.5, 0.6) is 0 Å². The Labute approximate surface area is 139 Å². The second-order valence-electron chi connectivity index (χ2n) is 7.53. The Hall–Kier alpha value is -1.29. The third-order valence-corrected chi connectivity index (χ3v) is 5.64. The summed E-state index contributed by atoms with van der Waals surface area (Å²) in [6.45, 7) is 6.42. The lowest BCUT2D eigenvalue weighted by molar-refractivity contribution is -0.130. The molecule has 0 spiro atoms. The molecule has 3 rings (SSSR count). The van der Waals surface area contributed by atoms with E-state index in [-0.39, 0.29) is 5.92 Å². The molecule has 128 valence electrons. The zero-order valence-corrected chi connectivity index (χ0v) is 14.8. The second kappa shape index (κ2) is 6.68. The number of piperidine rings is 2. The van der Waals surface area contributed by atoms with Gasteiger partial charge in [0, 0.05) is 43.8 Å². The molecular formula is C19H29NO3. The first kappa shape index (κ1) is 16.6. The molecule has 23 heavy (non-hydrogen) atoms. The highest BCUT2D eigenvalue weighted by molar-refractivity contribution is 5.82. The van der Waals surface area contributed by atoms with E-state index >= 15 is 0 Å². The number of rotatable bonds is 4. The Bertz CT molecular complexity index is 535. The van der Waals surface area contributed by atoms with Crippen molar-refractivity contribution in [3.8, 4) is 0 Å². The molecule has 4 nitrogen and oxygen atoms in total. The Morgan fingerprint density at radius 3 is 2.70 bits per heavy atom. The van der Waals surface area contributed by atoms with Crippen molar-refractivity contribution in [2.45, 2.75) is 45.6 Å². The van der Waals surface area contributed by atoms with Gasteiger partial charge in [-0.25, -0.2) is 0 Å². The minimum absolute atomic E-state index is 0.229. The molecule has 2 aliphatic heterocycles. The van der Waals surface area contributed by atoms with Crippen molar-refractivity contribution < 1.29 is 14.3 Å². The van der Waals surface area contributed by atoms with E-state index in [1.807, 2.05) is 0 Å². The molecule has 2 heterocycles. The van der Waals surface area contributed by atoms with E-state index in [0.29, 0.717) is 30.1 Å². The summed E-state index contributed by atoms with van der Waals surface area (Å²) in [6.07, 6.45) is 5.79. The number of ether oxygens (including phenoxy) is 2. The van der Waals surface area contributed by atoms with Gasteiger partial charge in [-0.15, -0.1) is 0 Å². The topological polar surface area (TPSA) is 38.8 Å². The normalized spacial score (nSPS) is 31.6. The molecule has 0 radical (unpaired) electrons. The van der Waals surface area contributed by atoms with Gasteiger partial charge >= 0.3 is 0 Å². The van der Waals surface area contributed by atoms with Crippen LogP contribution < -0.4 is 0 Å². The number of allylic oxidation sites excluding steroid dienone is 2. The highest BCUT2D eigenvalue weighted by Crippen LogP contribution is 2.42. The van der Waals surface area contributed by atoms with Crippen LogP contribution in [0.25, 0.3) is 0 Å². The molecule has 3 atom stereocenters. The summed E-state index contributed by atoms with van der Waals surface area (Å²) in [6, 6.07) is 0.342. The number of carbonyl (C=O) groups excluding carboxylic acids is 1. The van der Waals surface area contributed by atoms with Crippen LogP contribution in [0.3, 0.4) is 0 Å². The van der Waals surface area contributed by atoms with Crippen LogP contribution >= 0.6 is 0 Å². The van der Waals surface area contributed by atoms with E-state index in [1.54, 1.807) is 14.2 Å². The molecule has 2 fully saturated rings. The number of hydrogen-bond acceptors (Lipinski definition) is 4. The van der Waals surface area contributed by atoms with Gasteiger partial charge in [0.15, 0.2) is 5.76 Å². The molecule has 0 bridgehead atoms. The summed E-state index contributed by atoms with van der Waals surface area (Å²) in [7, 11) is 3.40. The fraction of sp³-hybridized carbons (Fsp3) is 0.737. The van der Waals surface area contributed by atoms with Gasteiger partial charge in [0.1, 0.15) is 11.5 Å². The molecule has 0 aromatic rings. The first-order valence-corrected chi connectivity index (χ1v) is 8.81. The van der Waals surface area contributed by atoms with Gasteiger partial charge in [0.05, 0.1) is 14.2 Å². The van der Waals surface area contributed by atoms with Crippen LogP contribution in [0.15, 0.2) is 23.2 Å². The van der Waals surface area contributed by atoms with E-state index in [9.17, 15) is 4.79 Å². The molecule has 0 N–H and O–H groups in total. The average Bonchev–Trinajstić information content (AvgIpc) is 2.53. The number of methoxy groups -OCH3 is 2. The lowest BCUT2D eigenvalue weighted by Crippen LogP contribution is -2.54. The van der Waals surface area contributed by atoms with Crippen LogP contribution in [0, 0.1) is 17.8 Å². The first-order chi connectivity index (χ1) is 11.0. The van der Waals surface area contributed by atoms with E-state index < -0.39 is 0 Å². The highest BCUT2D eigenvalue weighted by atomic mass is 16.5. The van der Waals surface area contributed by atoms with Crippen molar-refractivity contribution in [2.24, 2.45) is 17.8 Å². The van der Waals surface area contributed by atoms with E-state index in [0.717, 1.165) is 43.9 Å². The van der Waals surface area contributed by atoms with E-state index in [2.05, 4.69) is 24.8 Å². The molecule has 2 saturated heterocycles. The minimum Gasteiger partial charge on any atom is -0.497 e. The maximum atomic E-state index is 12.6. The molecule has 0 amide bonds. The summed E-state index contributed by atoms with van der Waals surface area (Å²) >= 11 is 0. The molecule has 0 aromatic heterocycles. The number of nitrogens with zero attached hydrogens (tertiary/aromatic N) is 1. The largest absolute Gasteiger partial charge is 0.497 e. The third kappa shape index (κ3) is 3.18. The van der Waals surface area contributed by atoms with Crippen molar-refractivity contribution in [1.82, 2.24) is 4.90 Å². The predicted molar refractivity (Wildman–Crippen MR) is 89.8 cm³/mol. The lowest BCUT2D eigenvalue weighted by atomic mass is 9.73. The maximum absolute atomic E-state index is 12.6. The molecule has 1 aliphatic carbocycles. The number of ketones is 1. The van der Waals surface area contributed by atoms with Gasteiger partial charge in [-0.1, -0.05) is 19.4 Å². The van der Waals surface area contributed by atoms with Gasteiger partial charge < -0.3 is 9.47 Å². The average molecular weight is 319 g/mol. The number of fused-ring (bicyclic) bond motifs is 3. The molecule has 3 unspecified atom stereocenters. The third-order valence-electron chi connectivity index (χ3n) is 5.64. The summed E-state index contributed by atoms with van der Waals surface area (Å²) in [5, 5.41) is 0. The van der Waals surface area contributed by atoms with Crippen molar-refractivity contribution in [3.63, 3.8) is 0 Å². The zero-order valence-electron chi connectivity index (χ0n) is 14.8. The maximum Gasteiger partial charge on any atom is 0.156 e. The lowest BCUT2D eigenvalue weighted by Gasteiger charge is -2.48. The Morgan fingerprint density at radius 2 is 2.04 bits per heavy atom. The molecule has 4 heteroatoms. The van der Waals surface area contributed by atoms with E-state index in [1.165, 1.54) is 5.57 Å². The zero-order chi connectivity index (χ0) is 16.6. The summed E-state index contributed by atoms with van der Waals surface area (Å²) in [5.74, 6) is 3.45. The van der Waals surface area contributed by atoms with Gasteiger partial charge in [-0.2, -0.15) is 0 Å². The number of Topliss-reactive ketones (excluding diaryl/α,β-unsaturated/α-hetero) is 1. The van der Waals surface area contributed by atoms with Gasteiger partial charge in [0.2, 0.25) is 0 Å². The standard InChI is InChI=1S/C19H29NO3/c1-12(2)7-14-11-20-6-5-13-8-18(22-3)19(23-4)9-15(13)16(20)10-17(14)21/h8,12,14-16H,5-7,9-11H2,1-4H3. The predicted octanol–water partition coefficient (Wildman–Crippen LogP) is 3.15. The summed E-state index contributed by atoms with van der Waals surface area (Å²) in [5.41, 5.74) is 1.43. The highest BCUT2D eigenvalue weighted by Gasteiger charge is 2.43. The van der Waals surface area contributed by atoms with Crippen molar-refractivity contribution in [2.75, 3.05) is 27.3 Å². The summed E-state index contributed by atoms with van der Waals surface area (Å²) in [4.78, 5) is 15.2. The molecule has 0 saturated carbocycles. The Morgan fingerprint density at radius 1 is 1.26 bits per heavy atom.